The van der Waals surface area contributed by atoms with Gasteiger partial charge in [-0.3, -0.25) is 4.79 Å². The van der Waals surface area contributed by atoms with E-state index >= 15 is 0 Å². The minimum absolute atomic E-state index is 0.0829. The molecular weight excluding hydrogens is 364 g/mol. The van der Waals surface area contributed by atoms with Crippen LogP contribution in [0.5, 0.6) is 11.5 Å². The van der Waals surface area contributed by atoms with Crippen LogP contribution in [-0.4, -0.2) is 41.2 Å². The predicted molar refractivity (Wildman–Crippen MR) is 112 cm³/mol. The molecule has 2 aliphatic rings. The smallest absolute Gasteiger partial charge is 0.229 e. The van der Waals surface area contributed by atoms with Crippen LogP contribution < -0.4 is 9.47 Å². The second-order valence-electron chi connectivity index (χ2n) is 8.08. The normalized spacial score (nSPS) is 19.6. The van der Waals surface area contributed by atoms with Gasteiger partial charge in [0, 0.05) is 44.6 Å². The molecule has 2 aliphatic heterocycles. The maximum absolute atomic E-state index is 13.0. The van der Waals surface area contributed by atoms with Crippen LogP contribution in [0, 0.1) is 5.92 Å². The highest BCUT2D eigenvalue weighted by molar-refractivity contribution is 5.86. The second-order valence-corrected chi connectivity index (χ2v) is 8.08. The molecule has 29 heavy (non-hydrogen) atoms. The Morgan fingerprint density at radius 1 is 1.07 bits per heavy atom. The molecule has 0 saturated carbocycles. The molecule has 0 bridgehead atoms. The van der Waals surface area contributed by atoms with Crippen LogP contribution in [0.1, 0.15) is 18.4 Å². The number of aryl methyl sites for hydroxylation is 1. The second kappa shape index (κ2) is 7.47. The van der Waals surface area contributed by atoms with E-state index in [9.17, 15) is 4.79 Å². The molecule has 5 nitrogen and oxygen atoms in total. The Hall–Kier alpha value is -2.95. The third kappa shape index (κ3) is 3.46. The van der Waals surface area contributed by atoms with E-state index in [0.29, 0.717) is 6.61 Å². The number of likely N-dealkylation sites (tertiary alicyclic amines) is 1. The van der Waals surface area contributed by atoms with E-state index in [4.69, 9.17) is 9.47 Å². The van der Waals surface area contributed by atoms with E-state index in [1.54, 1.807) is 0 Å². The molecule has 2 aromatic carbocycles. The fourth-order valence-corrected chi connectivity index (χ4v) is 4.50. The Labute approximate surface area is 170 Å². The van der Waals surface area contributed by atoms with Crippen LogP contribution in [-0.2, 0) is 18.3 Å². The lowest BCUT2D eigenvalue weighted by Crippen LogP contribution is -2.46. The first-order chi connectivity index (χ1) is 14.2. The average molecular weight is 390 g/mol. The molecule has 1 unspecified atom stereocenters. The topological polar surface area (TPSA) is 43.7 Å². The minimum atomic E-state index is -0.0829. The summed E-state index contributed by atoms with van der Waals surface area (Å²) in [4.78, 5) is 15.0. The molecule has 1 aromatic heterocycles. The van der Waals surface area contributed by atoms with Gasteiger partial charge >= 0.3 is 0 Å². The lowest BCUT2D eigenvalue weighted by molar-refractivity contribution is -0.138. The quantitative estimate of drug-likeness (QED) is 0.683. The summed E-state index contributed by atoms with van der Waals surface area (Å²) in [5.41, 5.74) is 2.30. The monoisotopic (exact) mass is 390 g/mol. The van der Waals surface area contributed by atoms with Gasteiger partial charge in [-0.1, -0.05) is 24.3 Å². The number of hydrogen-bond donors (Lipinski definition) is 0. The molecule has 3 aromatic rings. The van der Waals surface area contributed by atoms with Gasteiger partial charge in [0.1, 0.15) is 24.2 Å². The molecule has 1 fully saturated rings. The third-order valence-corrected chi connectivity index (χ3v) is 6.16. The number of para-hydroxylation sites is 1. The molecule has 5 heteroatoms. The number of carbonyl (C=O) groups is 1. The molecule has 3 heterocycles. The van der Waals surface area contributed by atoms with E-state index in [2.05, 4.69) is 29.0 Å². The largest absolute Gasteiger partial charge is 0.492 e. The zero-order valence-corrected chi connectivity index (χ0v) is 16.7. The van der Waals surface area contributed by atoms with Crippen LogP contribution >= 0.6 is 0 Å². The molecule has 1 amide bonds. The van der Waals surface area contributed by atoms with E-state index in [0.717, 1.165) is 54.8 Å². The van der Waals surface area contributed by atoms with Crippen LogP contribution in [0.25, 0.3) is 10.9 Å². The van der Waals surface area contributed by atoms with Crippen molar-refractivity contribution >= 4 is 16.8 Å². The van der Waals surface area contributed by atoms with Gasteiger partial charge in [-0.15, -0.1) is 0 Å². The van der Waals surface area contributed by atoms with Crippen LogP contribution in [0.4, 0.5) is 0 Å². The number of hydrogen-bond acceptors (Lipinski definition) is 3. The highest BCUT2D eigenvalue weighted by Crippen LogP contribution is 2.30. The highest BCUT2D eigenvalue weighted by atomic mass is 16.5. The van der Waals surface area contributed by atoms with Crippen molar-refractivity contribution in [2.75, 3.05) is 19.7 Å². The number of nitrogens with zero attached hydrogens (tertiary/aromatic N) is 2. The number of aromatic nitrogens is 1. The molecule has 5 rings (SSSR count). The number of carbonyl (C=O) groups excluding carboxylic acids is 1. The van der Waals surface area contributed by atoms with E-state index < -0.39 is 0 Å². The Morgan fingerprint density at radius 3 is 2.76 bits per heavy atom. The number of ether oxygens (including phenoxy) is 2. The average Bonchev–Trinajstić information content (AvgIpc) is 3.15. The maximum atomic E-state index is 13.0. The Morgan fingerprint density at radius 2 is 1.90 bits per heavy atom. The number of piperidine rings is 1. The SMILES string of the molecule is Cn1ccc2c(OC3CCN(C(=O)C4COc5ccccc5C4)CC3)cccc21. The van der Waals surface area contributed by atoms with Crippen molar-refractivity contribution in [2.24, 2.45) is 13.0 Å². The van der Waals surface area contributed by atoms with Crippen LogP contribution in [0.15, 0.2) is 54.7 Å². The molecule has 1 saturated heterocycles. The lowest BCUT2D eigenvalue weighted by atomic mass is 9.94. The van der Waals surface area contributed by atoms with Gasteiger partial charge in [0.15, 0.2) is 0 Å². The van der Waals surface area contributed by atoms with Gasteiger partial charge in [-0.05, 0) is 36.2 Å². The fraction of sp³-hybridized carbons (Fsp3) is 0.375. The molecule has 150 valence electrons. The Balaban J connectivity index is 1.20. The van der Waals surface area contributed by atoms with E-state index in [1.807, 2.05) is 42.3 Å². The number of benzene rings is 2. The first-order valence-electron chi connectivity index (χ1n) is 10.4. The summed E-state index contributed by atoms with van der Waals surface area (Å²) in [6.07, 6.45) is 4.69. The van der Waals surface area contributed by atoms with Crippen molar-refractivity contribution in [3.63, 3.8) is 0 Å². The summed E-state index contributed by atoms with van der Waals surface area (Å²) >= 11 is 0. The number of rotatable bonds is 3. The number of fused-ring (bicyclic) bond motifs is 2. The van der Waals surface area contributed by atoms with Gasteiger partial charge in [0.25, 0.3) is 0 Å². The van der Waals surface area contributed by atoms with Gasteiger partial charge < -0.3 is 18.9 Å². The van der Waals surface area contributed by atoms with Crippen molar-refractivity contribution in [3.05, 3.63) is 60.3 Å². The minimum Gasteiger partial charge on any atom is -0.492 e. The molecular formula is C24H26N2O3. The van der Waals surface area contributed by atoms with E-state index in [1.165, 1.54) is 5.52 Å². The molecule has 0 aliphatic carbocycles. The van der Waals surface area contributed by atoms with Crippen molar-refractivity contribution in [3.8, 4) is 11.5 Å². The third-order valence-electron chi connectivity index (χ3n) is 6.16. The predicted octanol–water partition coefficient (Wildman–Crippen LogP) is 3.80. The molecule has 0 N–H and O–H groups in total. The summed E-state index contributed by atoms with van der Waals surface area (Å²) < 4.78 is 14.2. The Bertz CT molecular complexity index is 1030. The summed E-state index contributed by atoms with van der Waals surface area (Å²) in [6.45, 7) is 1.96. The summed E-state index contributed by atoms with van der Waals surface area (Å²) in [5, 5.41) is 1.14. The Kier molecular flexibility index (Phi) is 4.66. The maximum Gasteiger partial charge on any atom is 0.229 e. The van der Waals surface area contributed by atoms with Crippen LogP contribution in [0.3, 0.4) is 0 Å². The number of amides is 1. The fourth-order valence-electron chi connectivity index (χ4n) is 4.50. The summed E-state index contributed by atoms with van der Waals surface area (Å²) in [6, 6.07) is 16.3. The molecule has 1 atom stereocenters. The standard InChI is InChI=1S/C24H26N2O3/c1-25-12-11-20-21(25)6-4-8-23(20)29-19-9-13-26(14-10-19)24(27)18-15-17-5-2-3-7-22(17)28-16-18/h2-8,11-12,18-19H,9-10,13-16H2,1H3. The van der Waals surface area contributed by atoms with Gasteiger partial charge in [-0.25, -0.2) is 0 Å². The van der Waals surface area contributed by atoms with Crippen molar-refractivity contribution in [1.29, 1.82) is 0 Å². The lowest BCUT2D eigenvalue weighted by Gasteiger charge is -2.35. The first kappa shape index (κ1) is 18.1. The van der Waals surface area contributed by atoms with Crippen molar-refractivity contribution in [2.45, 2.75) is 25.4 Å². The highest BCUT2D eigenvalue weighted by Gasteiger charge is 2.32. The summed E-state index contributed by atoms with van der Waals surface area (Å²) in [7, 11) is 2.05. The van der Waals surface area contributed by atoms with Gasteiger partial charge in [0.2, 0.25) is 5.91 Å². The van der Waals surface area contributed by atoms with Gasteiger partial charge in [0.05, 0.1) is 11.4 Å². The van der Waals surface area contributed by atoms with Crippen molar-refractivity contribution < 1.29 is 14.3 Å². The molecule has 0 radical (unpaired) electrons. The van der Waals surface area contributed by atoms with Crippen molar-refractivity contribution in [1.82, 2.24) is 9.47 Å². The molecule has 0 spiro atoms. The van der Waals surface area contributed by atoms with Crippen LogP contribution in [0.2, 0.25) is 0 Å². The van der Waals surface area contributed by atoms with E-state index in [-0.39, 0.29) is 17.9 Å². The van der Waals surface area contributed by atoms with Gasteiger partial charge in [-0.2, -0.15) is 0 Å². The zero-order valence-electron chi connectivity index (χ0n) is 16.7. The first-order valence-corrected chi connectivity index (χ1v) is 10.4. The zero-order chi connectivity index (χ0) is 19.8. The summed E-state index contributed by atoms with van der Waals surface area (Å²) in [5.74, 6) is 1.98.